The molecule has 0 aliphatic carbocycles. The maximum atomic E-state index is 12.5. The monoisotopic (exact) mass is 342 g/mol. The molecule has 1 atom stereocenters. The van der Waals surface area contributed by atoms with Gasteiger partial charge in [0.1, 0.15) is 0 Å². The van der Waals surface area contributed by atoms with Crippen LogP contribution in [0.3, 0.4) is 0 Å². The first kappa shape index (κ1) is 18.1. The average molecular weight is 342 g/mol. The highest BCUT2D eigenvalue weighted by molar-refractivity contribution is 5.97. The largest absolute Gasteiger partial charge is 0.342 e. The number of rotatable bonds is 5. The molecule has 2 aliphatic heterocycles. The zero-order chi connectivity index (χ0) is 17.6. The molecule has 2 fully saturated rings. The second kappa shape index (κ2) is 8.61. The highest BCUT2D eigenvalue weighted by Crippen LogP contribution is 2.22. The number of hydrogen-bond donors (Lipinski definition) is 0. The number of nitrogens with zero attached hydrogens (tertiary/aromatic N) is 2. The molecule has 2 aliphatic rings. The fourth-order valence-corrected chi connectivity index (χ4v) is 4.08. The molecule has 25 heavy (non-hydrogen) atoms. The Balaban J connectivity index is 1.40. The van der Waals surface area contributed by atoms with Crippen LogP contribution in [0.2, 0.25) is 0 Å². The van der Waals surface area contributed by atoms with E-state index in [9.17, 15) is 9.59 Å². The number of likely N-dealkylation sites (tertiary alicyclic amines) is 2. The molecule has 0 radical (unpaired) electrons. The number of piperidine rings is 2. The van der Waals surface area contributed by atoms with E-state index in [0.29, 0.717) is 18.2 Å². The molecule has 1 aromatic carbocycles. The van der Waals surface area contributed by atoms with Gasteiger partial charge in [-0.25, -0.2) is 0 Å². The van der Waals surface area contributed by atoms with Crippen molar-refractivity contribution in [2.75, 3.05) is 32.7 Å². The van der Waals surface area contributed by atoms with Crippen LogP contribution in [0.5, 0.6) is 0 Å². The lowest BCUT2D eigenvalue weighted by Crippen LogP contribution is -2.42. The lowest BCUT2D eigenvalue weighted by molar-refractivity contribution is -0.133. The van der Waals surface area contributed by atoms with E-state index in [1.54, 1.807) is 0 Å². The van der Waals surface area contributed by atoms with Crippen molar-refractivity contribution in [1.29, 1.82) is 0 Å². The number of hydrogen-bond acceptors (Lipinski definition) is 3. The molecule has 1 aromatic rings. The lowest BCUT2D eigenvalue weighted by atomic mass is 9.89. The molecule has 136 valence electrons. The highest BCUT2D eigenvalue weighted by atomic mass is 16.2. The molecule has 4 heteroatoms. The first-order valence-corrected chi connectivity index (χ1v) is 9.73. The van der Waals surface area contributed by atoms with Gasteiger partial charge >= 0.3 is 0 Å². The van der Waals surface area contributed by atoms with Crippen molar-refractivity contribution in [3.05, 3.63) is 35.9 Å². The van der Waals surface area contributed by atoms with Crippen LogP contribution in [-0.2, 0) is 4.79 Å². The van der Waals surface area contributed by atoms with Crippen molar-refractivity contribution in [2.24, 2.45) is 11.8 Å². The van der Waals surface area contributed by atoms with E-state index in [1.807, 2.05) is 35.2 Å². The van der Waals surface area contributed by atoms with Crippen LogP contribution in [-0.4, -0.2) is 54.2 Å². The number of Topliss-reactive ketones (excluding diaryl/α,β-unsaturated/α-hetero) is 1. The summed E-state index contributed by atoms with van der Waals surface area (Å²) >= 11 is 0. The van der Waals surface area contributed by atoms with Crippen molar-refractivity contribution >= 4 is 11.7 Å². The predicted molar refractivity (Wildman–Crippen MR) is 99.5 cm³/mol. The standard InChI is InChI=1S/C21H30N2O2/c1-17-6-5-12-23(16-17)20(24)11-15-22-13-9-19(10-14-22)21(25)18-7-3-2-4-8-18/h2-4,7-8,17,19H,5-6,9-16H2,1H3/t17-/m1/s1. The van der Waals surface area contributed by atoms with Crippen molar-refractivity contribution < 1.29 is 9.59 Å². The van der Waals surface area contributed by atoms with Gasteiger partial charge in [-0.15, -0.1) is 0 Å². The van der Waals surface area contributed by atoms with Crippen LogP contribution in [0.25, 0.3) is 0 Å². The molecule has 4 nitrogen and oxygen atoms in total. The van der Waals surface area contributed by atoms with Gasteiger partial charge in [-0.05, 0) is 44.7 Å². The van der Waals surface area contributed by atoms with Crippen LogP contribution >= 0.6 is 0 Å². The number of carbonyl (C=O) groups excluding carboxylic acids is 2. The number of amides is 1. The van der Waals surface area contributed by atoms with Gasteiger partial charge in [-0.2, -0.15) is 0 Å². The molecule has 2 saturated heterocycles. The molecule has 1 amide bonds. The van der Waals surface area contributed by atoms with E-state index in [0.717, 1.165) is 57.5 Å². The van der Waals surface area contributed by atoms with Gasteiger partial charge < -0.3 is 9.80 Å². The quantitative estimate of drug-likeness (QED) is 0.772. The third-order valence-corrected chi connectivity index (χ3v) is 5.67. The second-order valence-corrected chi connectivity index (χ2v) is 7.68. The Labute approximate surface area is 151 Å². The SMILES string of the molecule is C[C@@H]1CCCN(C(=O)CCN2CCC(C(=O)c3ccccc3)CC2)C1. The van der Waals surface area contributed by atoms with E-state index >= 15 is 0 Å². The highest BCUT2D eigenvalue weighted by Gasteiger charge is 2.26. The summed E-state index contributed by atoms with van der Waals surface area (Å²) in [5, 5.41) is 0. The van der Waals surface area contributed by atoms with Gasteiger partial charge in [0, 0.05) is 37.5 Å². The Hall–Kier alpha value is -1.68. The molecule has 0 saturated carbocycles. The molecule has 0 unspecified atom stereocenters. The zero-order valence-electron chi connectivity index (χ0n) is 15.3. The molecule has 0 spiro atoms. The van der Waals surface area contributed by atoms with Gasteiger partial charge in [-0.1, -0.05) is 37.3 Å². The second-order valence-electron chi connectivity index (χ2n) is 7.68. The van der Waals surface area contributed by atoms with Gasteiger partial charge in [-0.3, -0.25) is 9.59 Å². The molecule has 2 heterocycles. The van der Waals surface area contributed by atoms with E-state index in [4.69, 9.17) is 0 Å². The number of benzene rings is 1. The molecule has 3 rings (SSSR count). The first-order valence-electron chi connectivity index (χ1n) is 9.73. The van der Waals surface area contributed by atoms with Gasteiger partial charge in [0.2, 0.25) is 5.91 Å². The van der Waals surface area contributed by atoms with Crippen molar-refractivity contribution in [3.63, 3.8) is 0 Å². The Morgan fingerprint density at radius 3 is 2.44 bits per heavy atom. The van der Waals surface area contributed by atoms with Crippen molar-refractivity contribution in [2.45, 2.75) is 39.0 Å². The van der Waals surface area contributed by atoms with Crippen molar-refractivity contribution in [3.8, 4) is 0 Å². The summed E-state index contributed by atoms with van der Waals surface area (Å²) in [7, 11) is 0. The van der Waals surface area contributed by atoms with E-state index in [1.165, 1.54) is 6.42 Å². The van der Waals surface area contributed by atoms with Gasteiger partial charge in [0.25, 0.3) is 0 Å². The minimum absolute atomic E-state index is 0.136. The normalized spacial score (nSPS) is 22.8. The van der Waals surface area contributed by atoms with Gasteiger partial charge in [0.05, 0.1) is 0 Å². The summed E-state index contributed by atoms with van der Waals surface area (Å²) in [5.74, 6) is 1.35. The summed E-state index contributed by atoms with van der Waals surface area (Å²) in [6.45, 7) is 6.76. The Kier molecular flexibility index (Phi) is 6.24. The molecule has 0 N–H and O–H groups in total. The van der Waals surface area contributed by atoms with Crippen LogP contribution in [0.1, 0.15) is 49.4 Å². The predicted octanol–water partition coefficient (Wildman–Crippen LogP) is 3.23. The van der Waals surface area contributed by atoms with Crippen LogP contribution in [0, 0.1) is 11.8 Å². The number of carbonyl (C=O) groups is 2. The fourth-order valence-electron chi connectivity index (χ4n) is 4.08. The first-order chi connectivity index (χ1) is 12.1. The van der Waals surface area contributed by atoms with Crippen molar-refractivity contribution in [1.82, 2.24) is 9.80 Å². The molecular weight excluding hydrogens is 312 g/mol. The summed E-state index contributed by atoms with van der Waals surface area (Å²) in [6.07, 6.45) is 4.81. The molecule has 0 bridgehead atoms. The lowest BCUT2D eigenvalue weighted by Gasteiger charge is -2.33. The maximum Gasteiger partial charge on any atom is 0.223 e. The van der Waals surface area contributed by atoms with Crippen LogP contribution < -0.4 is 0 Å². The Bertz CT molecular complexity index is 579. The summed E-state index contributed by atoms with van der Waals surface area (Å²) in [5.41, 5.74) is 0.829. The smallest absolute Gasteiger partial charge is 0.223 e. The van der Waals surface area contributed by atoms with Crippen LogP contribution in [0.15, 0.2) is 30.3 Å². The summed E-state index contributed by atoms with van der Waals surface area (Å²) in [4.78, 5) is 29.3. The Morgan fingerprint density at radius 2 is 1.76 bits per heavy atom. The average Bonchev–Trinajstić information content (AvgIpc) is 2.66. The summed E-state index contributed by atoms with van der Waals surface area (Å²) in [6, 6.07) is 9.62. The third-order valence-electron chi connectivity index (χ3n) is 5.67. The maximum absolute atomic E-state index is 12.5. The van der Waals surface area contributed by atoms with Crippen LogP contribution in [0.4, 0.5) is 0 Å². The fraction of sp³-hybridized carbons (Fsp3) is 0.619. The Morgan fingerprint density at radius 1 is 1.04 bits per heavy atom. The van der Waals surface area contributed by atoms with E-state index in [2.05, 4.69) is 11.8 Å². The third kappa shape index (κ3) is 4.91. The van der Waals surface area contributed by atoms with E-state index < -0.39 is 0 Å². The molecule has 0 aromatic heterocycles. The summed E-state index contributed by atoms with van der Waals surface area (Å²) < 4.78 is 0. The zero-order valence-corrected chi connectivity index (χ0v) is 15.3. The number of ketones is 1. The van der Waals surface area contributed by atoms with Gasteiger partial charge in [0.15, 0.2) is 5.78 Å². The molecular formula is C21H30N2O2. The topological polar surface area (TPSA) is 40.6 Å². The minimum atomic E-state index is 0.136. The minimum Gasteiger partial charge on any atom is -0.342 e. The van der Waals surface area contributed by atoms with E-state index in [-0.39, 0.29) is 11.7 Å².